The lowest BCUT2D eigenvalue weighted by Gasteiger charge is -2.16. The predicted molar refractivity (Wildman–Crippen MR) is 92.9 cm³/mol. The Kier molecular flexibility index (Phi) is 8.85. The van der Waals surface area contributed by atoms with Gasteiger partial charge >= 0.3 is 0 Å². The van der Waals surface area contributed by atoms with Crippen molar-refractivity contribution in [3.8, 4) is 0 Å². The normalized spacial score (nSPS) is 26.8. The minimum Gasteiger partial charge on any atom is -0.304 e. The van der Waals surface area contributed by atoms with Crippen molar-refractivity contribution in [1.82, 2.24) is 5.32 Å². The van der Waals surface area contributed by atoms with Gasteiger partial charge in [-0.3, -0.25) is 9.79 Å². The monoisotopic (exact) mass is 362 g/mol. The molecule has 1 saturated carbocycles. The van der Waals surface area contributed by atoms with Gasteiger partial charge in [-0.05, 0) is 19.3 Å². The number of thioether (sulfide) groups is 1. The van der Waals surface area contributed by atoms with E-state index in [0.29, 0.717) is 6.04 Å². The molecule has 2 rings (SSSR count). The summed E-state index contributed by atoms with van der Waals surface area (Å²) in [6.07, 6.45) is 12.3. The lowest BCUT2D eigenvalue weighted by Crippen LogP contribution is -2.25. The first-order valence-corrected chi connectivity index (χ1v) is 8.73. The molecule has 3 nitrogen and oxygen atoms in total. The van der Waals surface area contributed by atoms with Crippen LogP contribution in [0.1, 0.15) is 71.1 Å². The third-order valence-corrected chi connectivity index (χ3v) is 5.14. The van der Waals surface area contributed by atoms with Gasteiger partial charge in [0.2, 0.25) is 5.91 Å². The van der Waals surface area contributed by atoms with E-state index in [2.05, 4.69) is 12.2 Å². The second-order valence-corrected chi connectivity index (χ2v) is 6.86. The highest BCUT2D eigenvalue weighted by molar-refractivity contribution is 8.93. The van der Waals surface area contributed by atoms with Crippen molar-refractivity contribution in [3.63, 3.8) is 0 Å². The third kappa shape index (κ3) is 5.76. The number of hydrogen-bond donors (Lipinski definition) is 1. The van der Waals surface area contributed by atoms with Crippen LogP contribution in [0, 0.1) is 0 Å². The van der Waals surface area contributed by atoms with Gasteiger partial charge in [0.05, 0.1) is 11.3 Å². The lowest BCUT2D eigenvalue weighted by atomic mass is 9.97. The maximum atomic E-state index is 11.8. The minimum atomic E-state index is 0. The number of rotatable bonds is 4. The number of unbranched alkanes of at least 4 members (excludes halogenated alkanes) is 1. The topological polar surface area (TPSA) is 41.5 Å². The second-order valence-electron chi connectivity index (χ2n) is 5.67. The van der Waals surface area contributed by atoms with E-state index < -0.39 is 0 Å². The number of aliphatic imine (C=N–C) groups is 1. The first-order chi connectivity index (χ1) is 9.29. The molecule has 0 aromatic heterocycles. The van der Waals surface area contributed by atoms with Crippen LogP contribution in [0.15, 0.2) is 4.99 Å². The summed E-state index contributed by atoms with van der Waals surface area (Å²) in [5.41, 5.74) is 0. The summed E-state index contributed by atoms with van der Waals surface area (Å²) < 4.78 is 0. The Bertz CT molecular complexity index is 328. The van der Waals surface area contributed by atoms with E-state index in [9.17, 15) is 4.79 Å². The van der Waals surface area contributed by atoms with Gasteiger partial charge < -0.3 is 5.32 Å². The highest BCUT2D eigenvalue weighted by Crippen LogP contribution is 2.26. The summed E-state index contributed by atoms with van der Waals surface area (Å²) in [6.45, 7) is 2.17. The van der Waals surface area contributed by atoms with Crippen LogP contribution in [0.4, 0.5) is 0 Å². The minimum absolute atomic E-state index is 0. The molecule has 0 aromatic carbocycles. The van der Waals surface area contributed by atoms with Gasteiger partial charge in [-0.15, -0.1) is 17.0 Å². The number of hydrogen-bond acceptors (Lipinski definition) is 3. The van der Waals surface area contributed by atoms with E-state index in [-0.39, 0.29) is 28.1 Å². The largest absolute Gasteiger partial charge is 0.304 e. The average Bonchev–Trinajstić information content (AvgIpc) is 2.70. The zero-order valence-electron chi connectivity index (χ0n) is 12.4. The van der Waals surface area contributed by atoms with E-state index in [1.54, 1.807) is 11.8 Å². The first-order valence-electron chi connectivity index (χ1n) is 7.85. The molecular formula is C15H27BrN2OS. The molecule has 0 radical (unpaired) electrons. The van der Waals surface area contributed by atoms with Gasteiger partial charge in [0.15, 0.2) is 5.17 Å². The summed E-state index contributed by atoms with van der Waals surface area (Å²) in [7, 11) is 0. The van der Waals surface area contributed by atoms with Crippen LogP contribution in [0.25, 0.3) is 0 Å². The molecule has 1 amide bonds. The van der Waals surface area contributed by atoms with Gasteiger partial charge in [0, 0.05) is 0 Å². The molecule has 5 heteroatoms. The smallest absolute Gasteiger partial charge is 0.239 e. The first kappa shape index (κ1) is 18.0. The number of nitrogens with zero attached hydrogens (tertiary/aromatic N) is 1. The Morgan fingerprint density at radius 2 is 1.85 bits per heavy atom. The van der Waals surface area contributed by atoms with Crippen molar-refractivity contribution in [2.75, 3.05) is 0 Å². The zero-order valence-corrected chi connectivity index (χ0v) is 14.9. The number of carbonyl (C=O) groups excluding carboxylic acids is 1. The van der Waals surface area contributed by atoms with Crippen molar-refractivity contribution in [2.45, 2.75) is 82.4 Å². The number of amidine groups is 1. The SMILES string of the molecule is Br.CCCCC1SC(=NC2CCCCCCC2)NC1=O. The van der Waals surface area contributed by atoms with Gasteiger partial charge in [-0.1, -0.05) is 63.6 Å². The molecule has 2 aliphatic rings. The molecule has 1 unspecified atom stereocenters. The van der Waals surface area contributed by atoms with Crippen LogP contribution in [0.2, 0.25) is 0 Å². The molecule has 20 heavy (non-hydrogen) atoms. The van der Waals surface area contributed by atoms with E-state index in [4.69, 9.17) is 4.99 Å². The Balaban J connectivity index is 0.00000200. The fraction of sp³-hybridized carbons (Fsp3) is 0.867. The maximum Gasteiger partial charge on any atom is 0.239 e. The van der Waals surface area contributed by atoms with Crippen molar-refractivity contribution in [1.29, 1.82) is 0 Å². The molecule has 1 saturated heterocycles. The van der Waals surface area contributed by atoms with Gasteiger partial charge in [-0.2, -0.15) is 0 Å². The molecule has 1 aliphatic carbocycles. The van der Waals surface area contributed by atoms with Crippen LogP contribution in [0.3, 0.4) is 0 Å². The Morgan fingerprint density at radius 1 is 1.20 bits per heavy atom. The Morgan fingerprint density at radius 3 is 2.50 bits per heavy atom. The summed E-state index contributed by atoms with van der Waals surface area (Å²) in [6, 6.07) is 0.438. The van der Waals surface area contributed by atoms with Crippen molar-refractivity contribution < 1.29 is 4.79 Å². The molecule has 0 spiro atoms. The standard InChI is InChI=1S/C15H26N2OS.BrH/c1-2-3-11-13-14(18)17-15(19-13)16-12-9-7-5-4-6-8-10-12;/h12-13H,2-11H2,1H3,(H,16,17,18);1H. The molecule has 0 aromatic rings. The predicted octanol–water partition coefficient (Wildman–Crippen LogP) is 4.46. The van der Waals surface area contributed by atoms with Crippen LogP contribution >= 0.6 is 28.7 Å². The highest BCUT2D eigenvalue weighted by atomic mass is 79.9. The van der Waals surface area contributed by atoms with E-state index in [0.717, 1.165) is 24.4 Å². The van der Waals surface area contributed by atoms with Crippen molar-refractivity contribution in [2.24, 2.45) is 4.99 Å². The fourth-order valence-electron chi connectivity index (χ4n) is 2.78. The second kappa shape index (κ2) is 9.82. The number of amides is 1. The average molecular weight is 363 g/mol. The number of carbonyl (C=O) groups is 1. The summed E-state index contributed by atoms with van der Waals surface area (Å²) in [4.78, 5) is 16.6. The molecule has 116 valence electrons. The molecule has 1 heterocycles. The highest BCUT2D eigenvalue weighted by Gasteiger charge is 2.29. The third-order valence-electron chi connectivity index (χ3n) is 3.97. The zero-order chi connectivity index (χ0) is 13.5. The molecule has 1 N–H and O–H groups in total. The summed E-state index contributed by atoms with van der Waals surface area (Å²) in [5.74, 6) is 0.169. The summed E-state index contributed by atoms with van der Waals surface area (Å²) in [5, 5.41) is 3.96. The number of halogens is 1. The van der Waals surface area contributed by atoms with Gasteiger partial charge in [0.25, 0.3) is 0 Å². The Hall–Kier alpha value is -0.0300. The van der Waals surface area contributed by atoms with E-state index >= 15 is 0 Å². The Labute approximate surface area is 137 Å². The van der Waals surface area contributed by atoms with E-state index in [1.165, 1.54) is 44.9 Å². The fourth-order valence-corrected chi connectivity index (χ4v) is 3.86. The van der Waals surface area contributed by atoms with Crippen molar-refractivity contribution in [3.05, 3.63) is 0 Å². The van der Waals surface area contributed by atoms with Gasteiger partial charge in [0.1, 0.15) is 0 Å². The molecule has 1 aliphatic heterocycles. The van der Waals surface area contributed by atoms with Gasteiger partial charge in [-0.25, -0.2) is 0 Å². The molecular weight excluding hydrogens is 336 g/mol. The van der Waals surface area contributed by atoms with Crippen LogP contribution in [0.5, 0.6) is 0 Å². The lowest BCUT2D eigenvalue weighted by molar-refractivity contribution is -0.118. The molecule has 2 fully saturated rings. The van der Waals surface area contributed by atoms with Crippen molar-refractivity contribution >= 4 is 39.8 Å². The quantitative estimate of drug-likeness (QED) is 0.802. The van der Waals surface area contributed by atoms with Crippen LogP contribution in [-0.4, -0.2) is 22.4 Å². The molecule has 1 atom stereocenters. The summed E-state index contributed by atoms with van der Waals surface area (Å²) >= 11 is 1.65. The molecule has 0 bridgehead atoms. The van der Waals surface area contributed by atoms with Crippen LogP contribution in [-0.2, 0) is 4.79 Å². The van der Waals surface area contributed by atoms with Crippen LogP contribution < -0.4 is 5.32 Å². The number of nitrogens with one attached hydrogen (secondary N) is 1. The maximum absolute atomic E-state index is 11.8. The van der Waals surface area contributed by atoms with E-state index in [1.807, 2.05) is 0 Å².